The van der Waals surface area contributed by atoms with E-state index >= 15 is 0 Å². The summed E-state index contributed by atoms with van der Waals surface area (Å²) in [4.78, 5) is 58.8. The predicted octanol–water partition coefficient (Wildman–Crippen LogP) is 12.5. The highest BCUT2D eigenvalue weighted by molar-refractivity contribution is 7.46. The quantitative estimate of drug-likeness (QED) is 0.0260. The van der Waals surface area contributed by atoms with Gasteiger partial charge >= 0.3 is 19.8 Å². The normalized spacial score (nSPS) is 18.8. The van der Waals surface area contributed by atoms with Crippen LogP contribution in [0.1, 0.15) is 252 Å². The summed E-state index contributed by atoms with van der Waals surface area (Å²) in [5.74, 6) is -1.60. The van der Waals surface area contributed by atoms with Gasteiger partial charge in [-0.2, -0.15) is 0 Å². The van der Waals surface area contributed by atoms with Gasteiger partial charge in [0.2, 0.25) is 5.91 Å². The molecule has 0 aromatic rings. The van der Waals surface area contributed by atoms with Crippen LogP contribution < -0.4 is 5.32 Å². The summed E-state index contributed by atoms with van der Waals surface area (Å²) in [5, 5.41) is 13.5. The van der Waals surface area contributed by atoms with E-state index in [0.29, 0.717) is 6.42 Å². The first-order valence-corrected chi connectivity index (χ1v) is 27.6. The minimum Gasteiger partial charge on any atom is -0.463 e. The number of rotatable bonds is 43. The van der Waals surface area contributed by atoms with Gasteiger partial charge in [0.15, 0.2) is 6.10 Å². The molecule has 1 amide bonds. The SMILES string of the molecule is CCCCCCCCCCCCCCC(CCCCCCCCCCC)CC(=O)O[C@H]1[C@H](OP(=O)(O)O)[C@@H](COC(C)=O)OC[C@@H]1NC(=O)C[C@H](O)CCCCCCCCCCC. The van der Waals surface area contributed by atoms with Crippen molar-refractivity contribution < 1.29 is 52.6 Å². The lowest BCUT2D eigenvalue weighted by molar-refractivity contribution is -0.193. The molecule has 0 radical (unpaired) electrons. The molecule has 12 nitrogen and oxygen atoms in total. The van der Waals surface area contributed by atoms with E-state index in [1.807, 2.05) is 0 Å². The number of ether oxygens (including phenoxy) is 3. The van der Waals surface area contributed by atoms with Crippen LogP contribution in [0.2, 0.25) is 0 Å². The molecule has 1 fully saturated rings. The summed E-state index contributed by atoms with van der Waals surface area (Å²) in [7, 11) is -5.17. The number of nitrogens with one attached hydrogen (secondary N) is 1. The minimum atomic E-state index is -5.17. The molecule has 1 rings (SSSR count). The third-order valence-corrected chi connectivity index (χ3v) is 13.1. The predicted molar refractivity (Wildman–Crippen MR) is 253 cm³/mol. The Bertz CT molecular complexity index is 1170. The van der Waals surface area contributed by atoms with E-state index < -0.39 is 62.7 Å². The average molecular weight is 918 g/mol. The molecule has 1 aliphatic rings. The van der Waals surface area contributed by atoms with Gasteiger partial charge < -0.3 is 34.4 Å². The highest BCUT2D eigenvalue weighted by Crippen LogP contribution is 2.41. The molecule has 0 spiro atoms. The van der Waals surface area contributed by atoms with Crippen molar-refractivity contribution in [3.05, 3.63) is 0 Å². The van der Waals surface area contributed by atoms with Crippen molar-refractivity contribution in [3.63, 3.8) is 0 Å². The van der Waals surface area contributed by atoms with Crippen LogP contribution in [0.5, 0.6) is 0 Å². The largest absolute Gasteiger partial charge is 0.470 e. The molecule has 1 heterocycles. The maximum atomic E-state index is 13.9. The molecule has 6 atom stereocenters. The van der Waals surface area contributed by atoms with Gasteiger partial charge in [0.25, 0.3) is 0 Å². The molecule has 1 saturated heterocycles. The van der Waals surface area contributed by atoms with Crippen molar-refractivity contribution in [1.82, 2.24) is 5.32 Å². The summed E-state index contributed by atoms with van der Waals surface area (Å²) in [6.45, 7) is 7.30. The lowest BCUT2D eigenvalue weighted by Gasteiger charge is -2.41. The number of phosphoric ester groups is 1. The second-order valence-electron chi connectivity index (χ2n) is 18.7. The summed E-state index contributed by atoms with van der Waals surface area (Å²) < 4.78 is 34.6. The topological polar surface area (TPSA) is 178 Å². The fourth-order valence-electron chi connectivity index (χ4n) is 8.83. The average Bonchev–Trinajstić information content (AvgIpc) is 3.22. The Hall–Kier alpha value is -1.56. The van der Waals surface area contributed by atoms with E-state index in [-0.39, 0.29) is 25.4 Å². The first-order chi connectivity index (χ1) is 30.4. The minimum absolute atomic E-state index is 0.0762. The van der Waals surface area contributed by atoms with Crippen molar-refractivity contribution in [2.75, 3.05) is 13.2 Å². The molecule has 0 saturated carbocycles. The molecule has 0 aromatic carbocycles. The van der Waals surface area contributed by atoms with E-state index in [2.05, 4.69) is 26.1 Å². The number of carbonyl (C=O) groups is 3. The van der Waals surface area contributed by atoms with Crippen molar-refractivity contribution in [2.24, 2.45) is 5.92 Å². The van der Waals surface area contributed by atoms with Crippen molar-refractivity contribution >= 4 is 25.7 Å². The maximum Gasteiger partial charge on any atom is 0.470 e. The Balaban J connectivity index is 2.95. The van der Waals surface area contributed by atoms with Gasteiger partial charge in [0, 0.05) is 13.3 Å². The van der Waals surface area contributed by atoms with E-state index in [4.69, 9.17) is 18.7 Å². The molecule has 4 N–H and O–H groups in total. The second kappa shape index (κ2) is 39.6. The van der Waals surface area contributed by atoms with Crippen LogP contribution in [-0.4, -0.2) is 76.4 Å². The maximum absolute atomic E-state index is 13.9. The third kappa shape index (κ3) is 34.4. The van der Waals surface area contributed by atoms with Crippen LogP contribution in [0, 0.1) is 5.92 Å². The van der Waals surface area contributed by atoms with Crippen molar-refractivity contribution in [1.29, 1.82) is 0 Å². The monoisotopic (exact) mass is 918 g/mol. The third-order valence-electron chi connectivity index (χ3n) is 12.6. The van der Waals surface area contributed by atoms with Crippen LogP contribution in [0.3, 0.4) is 0 Å². The van der Waals surface area contributed by atoms with Gasteiger partial charge in [-0.05, 0) is 25.2 Å². The standard InChI is InChI=1S/C50H96NO11P/c1-5-8-11-14-17-20-21-22-25-27-30-33-36-43(35-32-29-26-23-18-15-12-9-6-2)38-48(55)61-49-45(40-60-46(41-59-42(4)52)50(49)62-63(56,57)58)51-47(54)39-44(53)37-34-31-28-24-19-16-13-10-7-3/h43-46,49-50,53H,5-41H2,1-4H3,(H,51,54)(H2,56,57,58)/t43?,44-,45+,46-,49-,50-/m1/s1. The molecular formula is C50H96NO11P. The van der Waals surface area contributed by atoms with Crippen LogP contribution in [0.15, 0.2) is 0 Å². The van der Waals surface area contributed by atoms with Gasteiger partial charge in [-0.3, -0.25) is 18.9 Å². The van der Waals surface area contributed by atoms with E-state index in [9.17, 15) is 33.8 Å². The second-order valence-corrected chi connectivity index (χ2v) is 19.9. The van der Waals surface area contributed by atoms with E-state index in [1.165, 1.54) is 148 Å². The van der Waals surface area contributed by atoms with Crippen LogP contribution in [-0.2, 0) is 37.7 Å². The zero-order valence-corrected chi connectivity index (χ0v) is 41.6. The fraction of sp³-hybridized carbons (Fsp3) is 0.940. The lowest BCUT2D eigenvalue weighted by Crippen LogP contribution is -2.62. The lowest BCUT2D eigenvalue weighted by atomic mass is 9.91. The van der Waals surface area contributed by atoms with Gasteiger partial charge in [-0.15, -0.1) is 0 Å². The Labute approximate surface area is 384 Å². The zero-order chi connectivity index (χ0) is 46.4. The first-order valence-electron chi connectivity index (χ1n) is 26.1. The zero-order valence-electron chi connectivity index (χ0n) is 40.7. The molecule has 1 aliphatic heterocycles. The Morgan fingerprint density at radius 3 is 1.40 bits per heavy atom. The first kappa shape index (κ1) is 59.5. The number of hydrogen-bond acceptors (Lipinski definition) is 9. The van der Waals surface area contributed by atoms with E-state index in [0.717, 1.165) is 64.2 Å². The summed E-state index contributed by atoms with van der Waals surface area (Å²) >= 11 is 0. The highest BCUT2D eigenvalue weighted by Gasteiger charge is 2.48. The van der Waals surface area contributed by atoms with Gasteiger partial charge in [0.05, 0.1) is 25.2 Å². The number of carbonyl (C=O) groups excluding carboxylic acids is 3. The summed E-state index contributed by atoms with van der Waals surface area (Å²) in [6, 6.07) is -1.03. The number of unbranched alkanes of at least 4 members (excludes halogenated alkanes) is 27. The Morgan fingerprint density at radius 2 is 1.00 bits per heavy atom. The Morgan fingerprint density at radius 1 is 0.603 bits per heavy atom. The molecule has 372 valence electrons. The molecular weight excluding hydrogens is 822 g/mol. The Kier molecular flexibility index (Phi) is 37.4. The number of aliphatic hydroxyl groups is 1. The molecule has 63 heavy (non-hydrogen) atoms. The molecule has 0 aromatic heterocycles. The van der Waals surface area contributed by atoms with Gasteiger partial charge in [0.1, 0.15) is 18.8 Å². The molecule has 13 heteroatoms. The molecule has 0 aliphatic carbocycles. The molecule has 1 unspecified atom stereocenters. The summed E-state index contributed by atoms with van der Waals surface area (Å²) in [6.07, 6.45) is 33.4. The number of esters is 2. The van der Waals surface area contributed by atoms with Gasteiger partial charge in [-0.1, -0.05) is 213 Å². The highest BCUT2D eigenvalue weighted by atomic mass is 31.2. The number of hydrogen-bond donors (Lipinski definition) is 4. The molecule has 0 bridgehead atoms. The van der Waals surface area contributed by atoms with Gasteiger partial charge in [-0.25, -0.2) is 4.57 Å². The number of amides is 1. The number of phosphoric acid groups is 1. The number of aliphatic hydroxyl groups excluding tert-OH is 1. The van der Waals surface area contributed by atoms with Crippen LogP contribution in [0.25, 0.3) is 0 Å². The van der Waals surface area contributed by atoms with Crippen molar-refractivity contribution in [2.45, 2.75) is 283 Å². The van der Waals surface area contributed by atoms with Crippen molar-refractivity contribution in [3.8, 4) is 0 Å². The van der Waals surface area contributed by atoms with Crippen LogP contribution >= 0.6 is 7.82 Å². The summed E-state index contributed by atoms with van der Waals surface area (Å²) in [5.41, 5.74) is 0. The smallest absolute Gasteiger partial charge is 0.463 e. The fourth-order valence-corrected chi connectivity index (χ4v) is 9.41. The van der Waals surface area contributed by atoms with Crippen LogP contribution in [0.4, 0.5) is 0 Å². The van der Waals surface area contributed by atoms with E-state index in [1.54, 1.807) is 0 Å².